The van der Waals surface area contributed by atoms with Crippen LogP contribution in [0.25, 0.3) is 0 Å². The summed E-state index contributed by atoms with van der Waals surface area (Å²) in [7, 11) is -1.79. The lowest BCUT2D eigenvalue weighted by Gasteiger charge is -1.98. The molecule has 0 radical (unpaired) electrons. The van der Waals surface area contributed by atoms with Crippen molar-refractivity contribution in [3.05, 3.63) is 0 Å². The van der Waals surface area contributed by atoms with Gasteiger partial charge in [0.2, 0.25) is 0 Å². The molecular formula is C6H12O4S. The molecule has 0 heterocycles. The molecule has 0 atom stereocenters. The summed E-state index contributed by atoms with van der Waals surface area (Å²) in [5.74, 6) is -0.526. The quantitative estimate of drug-likeness (QED) is 0.571. The van der Waals surface area contributed by atoms with Crippen molar-refractivity contribution >= 4 is 15.8 Å². The Morgan fingerprint density at radius 3 is 2.36 bits per heavy atom. The third-order valence-corrected chi connectivity index (χ3v) is 2.99. The summed E-state index contributed by atoms with van der Waals surface area (Å²) in [6.45, 7) is 1.55. The monoisotopic (exact) mass is 180 g/mol. The minimum absolute atomic E-state index is 0.0489. The zero-order valence-electron chi connectivity index (χ0n) is 6.66. The van der Waals surface area contributed by atoms with Gasteiger partial charge >= 0.3 is 5.97 Å². The maximum atomic E-state index is 10.8. The van der Waals surface area contributed by atoms with Gasteiger partial charge in [-0.15, -0.1) is 0 Å². The fraction of sp³-hybridized carbons (Fsp3) is 0.833. The van der Waals surface area contributed by atoms with Crippen LogP contribution in [0.4, 0.5) is 0 Å². The van der Waals surface area contributed by atoms with E-state index in [1.165, 1.54) is 7.11 Å². The number of hydrogen-bond donors (Lipinski definition) is 0. The largest absolute Gasteiger partial charge is 0.469 e. The molecule has 0 aromatic heterocycles. The molecule has 66 valence electrons. The van der Waals surface area contributed by atoms with Crippen molar-refractivity contribution in [1.82, 2.24) is 0 Å². The van der Waals surface area contributed by atoms with Gasteiger partial charge in [0.15, 0.2) is 9.84 Å². The van der Waals surface area contributed by atoms with E-state index < -0.39 is 15.8 Å². The molecule has 0 aromatic carbocycles. The van der Waals surface area contributed by atoms with E-state index in [0.29, 0.717) is 0 Å². The number of esters is 1. The van der Waals surface area contributed by atoms with Crippen molar-refractivity contribution in [3.63, 3.8) is 0 Å². The highest BCUT2D eigenvalue weighted by Gasteiger charge is 2.10. The lowest BCUT2D eigenvalue weighted by atomic mass is 10.5. The molecule has 0 bridgehead atoms. The summed E-state index contributed by atoms with van der Waals surface area (Å²) < 4.78 is 25.9. The highest BCUT2D eigenvalue weighted by atomic mass is 32.2. The number of rotatable bonds is 4. The smallest absolute Gasteiger partial charge is 0.306 e. The summed E-state index contributed by atoms with van der Waals surface area (Å²) in [6.07, 6.45) is -0.0489. The van der Waals surface area contributed by atoms with E-state index in [0.717, 1.165) is 0 Å². The molecule has 0 saturated carbocycles. The number of carbonyl (C=O) groups is 1. The standard InChI is InChI=1S/C6H12O4S/c1-3-11(8,9)5-4-6(7)10-2/h3-5H2,1-2H3. The summed E-state index contributed by atoms with van der Waals surface area (Å²) >= 11 is 0. The molecule has 0 rings (SSSR count). The van der Waals surface area contributed by atoms with Gasteiger partial charge in [0, 0.05) is 5.75 Å². The summed E-state index contributed by atoms with van der Waals surface area (Å²) in [5.41, 5.74) is 0. The van der Waals surface area contributed by atoms with Gasteiger partial charge in [-0.05, 0) is 0 Å². The Hall–Kier alpha value is -0.580. The van der Waals surface area contributed by atoms with E-state index >= 15 is 0 Å². The number of ether oxygens (including phenoxy) is 1. The van der Waals surface area contributed by atoms with Crippen LogP contribution in [0.1, 0.15) is 13.3 Å². The Balaban J connectivity index is 3.80. The van der Waals surface area contributed by atoms with Gasteiger partial charge in [-0.3, -0.25) is 4.79 Å². The van der Waals surface area contributed by atoms with Crippen molar-refractivity contribution in [1.29, 1.82) is 0 Å². The van der Waals surface area contributed by atoms with Gasteiger partial charge < -0.3 is 4.74 Å². The minimum Gasteiger partial charge on any atom is -0.469 e. The number of hydrogen-bond acceptors (Lipinski definition) is 4. The second kappa shape index (κ2) is 4.33. The molecule has 0 N–H and O–H groups in total. The first kappa shape index (κ1) is 10.4. The molecule has 11 heavy (non-hydrogen) atoms. The van der Waals surface area contributed by atoms with Crippen LogP contribution in [0.3, 0.4) is 0 Å². The average molecular weight is 180 g/mol. The Bertz CT molecular complexity index is 217. The second-order valence-corrected chi connectivity index (χ2v) is 4.54. The van der Waals surface area contributed by atoms with Crippen molar-refractivity contribution in [2.45, 2.75) is 13.3 Å². The van der Waals surface area contributed by atoms with Crippen LogP contribution >= 0.6 is 0 Å². The van der Waals surface area contributed by atoms with Crippen LogP contribution in [0.5, 0.6) is 0 Å². The van der Waals surface area contributed by atoms with Crippen LogP contribution in [0, 0.1) is 0 Å². The van der Waals surface area contributed by atoms with Gasteiger partial charge in [-0.1, -0.05) is 6.92 Å². The fourth-order valence-electron chi connectivity index (χ4n) is 0.485. The van der Waals surface area contributed by atoms with Gasteiger partial charge in [-0.25, -0.2) is 8.42 Å². The number of carbonyl (C=O) groups excluding carboxylic acids is 1. The molecule has 0 amide bonds. The van der Waals surface area contributed by atoms with Gasteiger partial charge in [0.25, 0.3) is 0 Å². The summed E-state index contributed by atoms with van der Waals surface area (Å²) in [4.78, 5) is 10.5. The van der Waals surface area contributed by atoms with Crippen molar-refractivity contribution in [2.75, 3.05) is 18.6 Å². The topological polar surface area (TPSA) is 60.4 Å². The van der Waals surface area contributed by atoms with Crippen LogP contribution in [-0.2, 0) is 19.4 Å². The SMILES string of the molecule is CCS(=O)(=O)CCC(=O)OC. The number of sulfone groups is 1. The van der Waals surface area contributed by atoms with Crippen molar-refractivity contribution in [2.24, 2.45) is 0 Å². The van der Waals surface area contributed by atoms with E-state index in [1.54, 1.807) is 6.92 Å². The molecule has 0 aromatic rings. The van der Waals surface area contributed by atoms with Gasteiger partial charge in [0.1, 0.15) is 0 Å². The first-order valence-corrected chi connectivity index (χ1v) is 5.11. The average Bonchev–Trinajstić information content (AvgIpc) is 2.00. The third-order valence-electron chi connectivity index (χ3n) is 1.28. The zero-order chi connectivity index (χ0) is 8.91. The molecule has 0 unspecified atom stereocenters. The lowest BCUT2D eigenvalue weighted by Crippen LogP contribution is -2.13. The van der Waals surface area contributed by atoms with Crippen molar-refractivity contribution < 1.29 is 17.9 Å². The number of methoxy groups -OCH3 is 1. The van der Waals surface area contributed by atoms with Gasteiger partial charge in [-0.2, -0.15) is 0 Å². The second-order valence-electron chi connectivity index (χ2n) is 2.06. The van der Waals surface area contributed by atoms with E-state index in [4.69, 9.17) is 0 Å². The zero-order valence-corrected chi connectivity index (χ0v) is 7.48. The minimum atomic E-state index is -3.03. The third kappa shape index (κ3) is 4.78. The van der Waals surface area contributed by atoms with E-state index in [9.17, 15) is 13.2 Å². The molecule has 0 aliphatic heterocycles. The predicted molar refractivity (Wildman–Crippen MR) is 41.0 cm³/mol. The molecule has 5 heteroatoms. The Kier molecular flexibility index (Phi) is 4.10. The molecule has 4 nitrogen and oxygen atoms in total. The van der Waals surface area contributed by atoms with Crippen molar-refractivity contribution in [3.8, 4) is 0 Å². The lowest BCUT2D eigenvalue weighted by molar-refractivity contribution is -0.140. The fourth-order valence-corrected chi connectivity index (χ4v) is 1.25. The Morgan fingerprint density at radius 1 is 1.45 bits per heavy atom. The Morgan fingerprint density at radius 2 is 2.00 bits per heavy atom. The molecule has 0 aliphatic carbocycles. The van der Waals surface area contributed by atoms with Gasteiger partial charge in [0.05, 0.1) is 19.3 Å². The summed E-state index contributed by atoms with van der Waals surface area (Å²) in [6, 6.07) is 0. The predicted octanol–water partition coefficient (Wildman–Crippen LogP) is -0.0158. The molecule has 0 spiro atoms. The van der Waals surface area contributed by atoms with E-state index in [1.807, 2.05) is 0 Å². The highest BCUT2D eigenvalue weighted by Crippen LogP contribution is 1.94. The highest BCUT2D eigenvalue weighted by molar-refractivity contribution is 7.91. The van der Waals surface area contributed by atoms with E-state index in [2.05, 4.69) is 4.74 Å². The van der Waals surface area contributed by atoms with E-state index in [-0.39, 0.29) is 17.9 Å². The molecular weight excluding hydrogens is 168 g/mol. The normalized spacial score (nSPS) is 11.1. The van der Waals surface area contributed by atoms with Crippen LogP contribution in [0.15, 0.2) is 0 Å². The maximum Gasteiger partial charge on any atom is 0.306 e. The molecule has 0 saturated heterocycles. The molecule has 0 fully saturated rings. The maximum absolute atomic E-state index is 10.8. The van der Waals surface area contributed by atoms with Crippen LogP contribution in [-0.4, -0.2) is 33.0 Å². The molecule has 0 aliphatic rings. The summed E-state index contributed by atoms with van der Waals surface area (Å²) in [5, 5.41) is 0. The van der Waals surface area contributed by atoms with Crippen LogP contribution < -0.4 is 0 Å². The Labute approximate surface area is 66.5 Å². The van der Waals surface area contributed by atoms with Crippen LogP contribution in [0.2, 0.25) is 0 Å². The first-order valence-electron chi connectivity index (χ1n) is 3.29. The first-order chi connectivity index (χ1) is 5.02.